The number of rotatable bonds is 5. The second-order valence-electron chi connectivity index (χ2n) is 7.27. The summed E-state index contributed by atoms with van der Waals surface area (Å²) < 4.78 is 16.7. The molecular weight excluding hydrogens is 354 g/mol. The maximum absolute atomic E-state index is 5.77. The summed E-state index contributed by atoms with van der Waals surface area (Å²) in [6, 6.07) is 14.3. The van der Waals surface area contributed by atoms with Crippen molar-refractivity contribution in [3.8, 4) is 17.2 Å². The summed E-state index contributed by atoms with van der Waals surface area (Å²) in [5, 5.41) is 6.83. The number of hydrogen-bond donors (Lipinski definition) is 2. The molecule has 0 spiro atoms. The van der Waals surface area contributed by atoms with Gasteiger partial charge >= 0.3 is 0 Å². The lowest BCUT2D eigenvalue weighted by atomic mass is 9.96. The number of hydrogen-bond acceptors (Lipinski definition) is 4. The van der Waals surface area contributed by atoms with Gasteiger partial charge in [-0.1, -0.05) is 12.1 Å². The molecular formula is C22H27N3O3. The van der Waals surface area contributed by atoms with Crippen LogP contribution in [-0.2, 0) is 5.41 Å². The number of guanidine groups is 1. The smallest absolute Gasteiger partial charge is 0.195 e. The highest BCUT2D eigenvalue weighted by Crippen LogP contribution is 2.47. The van der Waals surface area contributed by atoms with Gasteiger partial charge in [0.1, 0.15) is 5.75 Å². The lowest BCUT2D eigenvalue weighted by Gasteiger charge is -2.19. The van der Waals surface area contributed by atoms with Gasteiger partial charge in [-0.15, -0.1) is 0 Å². The van der Waals surface area contributed by atoms with Crippen molar-refractivity contribution < 1.29 is 14.2 Å². The highest BCUT2D eigenvalue weighted by molar-refractivity contribution is 5.94. The Labute approximate surface area is 165 Å². The Morgan fingerprint density at radius 2 is 1.82 bits per heavy atom. The molecule has 2 aliphatic rings. The predicted molar refractivity (Wildman–Crippen MR) is 111 cm³/mol. The van der Waals surface area contributed by atoms with E-state index in [-0.39, 0.29) is 5.41 Å². The molecule has 2 N–H and O–H groups in total. The van der Waals surface area contributed by atoms with Crippen LogP contribution in [0, 0.1) is 0 Å². The molecule has 148 valence electrons. The summed E-state index contributed by atoms with van der Waals surface area (Å²) in [4.78, 5) is 4.37. The summed E-state index contributed by atoms with van der Waals surface area (Å²) in [6.45, 7) is 2.20. The summed E-state index contributed by atoms with van der Waals surface area (Å²) in [5.74, 6) is 3.20. The number of fused-ring (bicyclic) bond motifs is 1. The molecule has 0 bridgehead atoms. The fraction of sp³-hybridized carbons (Fsp3) is 0.409. The number of nitrogens with zero attached hydrogens (tertiary/aromatic N) is 1. The Morgan fingerprint density at radius 1 is 1.07 bits per heavy atom. The summed E-state index contributed by atoms with van der Waals surface area (Å²) in [5.41, 5.74) is 2.44. The van der Waals surface area contributed by atoms with Gasteiger partial charge in [-0.3, -0.25) is 4.99 Å². The van der Waals surface area contributed by atoms with Crippen LogP contribution in [0.2, 0.25) is 0 Å². The fourth-order valence-corrected chi connectivity index (χ4v) is 3.47. The lowest BCUT2D eigenvalue weighted by molar-refractivity contribution is 0.297. The van der Waals surface area contributed by atoms with Crippen LogP contribution >= 0.6 is 0 Å². The summed E-state index contributed by atoms with van der Waals surface area (Å²) >= 11 is 0. The van der Waals surface area contributed by atoms with Crippen molar-refractivity contribution >= 4 is 11.6 Å². The van der Waals surface area contributed by atoms with Crippen molar-refractivity contribution in [2.45, 2.75) is 24.7 Å². The molecule has 1 saturated carbocycles. The molecule has 28 heavy (non-hydrogen) atoms. The average Bonchev–Trinajstić information content (AvgIpc) is 3.55. The maximum atomic E-state index is 5.77. The lowest BCUT2D eigenvalue weighted by Crippen LogP contribution is -2.36. The molecule has 4 rings (SSSR count). The van der Waals surface area contributed by atoms with E-state index in [9.17, 15) is 0 Å². The molecule has 1 aliphatic heterocycles. The van der Waals surface area contributed by atoms with Gasteiger partial charge in [0.2, 0.25) is 0 Å². The van der Waals surface area contributed by atoms with E-state index in [0.717, 1.165) is 41.9 Å². The zero-order chi connectivity index (χ0) is 19.4. The summed E-state index contributed by atoms with van der Waals surface area (Å²) in [6.07, 6.45) is 3.24. The molecule has 0 saturated heterocycles. The zero-order valence-electron chi connectivity index (χ0n) is 16.5. The van der Waals surface area contributed by atoms with Crippen molar-refractivity contribution in [1.29, 1.82) is 0 Å². The van der Waals surface area contributed by atoms with E-state index < -0.39 is 0 Å². The molecule has 6 nitrogen and oxygen atoms in total. The molecule has 0 atom stereocenters. The topological polar surface area (TPSA) is 64.1 Å². The molecule has 2 aromatic carbocycles. The van der Waals surface area contributed by atoms with Gasteiger partial charge in [0.05, 0.1) is 20.3 Å². The highest BCUT2D eigenvalue weighted by Gasteiger charge is 2.44. The third-order valence-electron chi connectivity index (χ3n) is 5.38. The van der Waals surface area contributed by atoms with E-state index in [1.165, 1.54) is 18.4 Å². The SMILES string of the molecule is CN=C(NCC1(c2ccc(OC)cc2)CC1)Nc1ccc2c(c1)OCCCO2. The molecule has 1 fully saturated rings. The van der Waals surface area contributed by atoms with Crippen molar-refractivity contribution in [1.82, 2.24) is 5.32 Å². The molecule has 0 unspecified atom stereocenters. The number of methoxy groups -OCH3 is 1. The zero-order valence-corrected chi connectivity index (χ0v) is 16.5. The normalized spacial score (nSPS) is 17.4. The van der Waals surface area contributed by atoms with E-state index in [1.54, 1.807) is 14.2 Å². The molecule has 6 heteroatoms. The van der Waals surface area contributed by atoms with E-state index in [4.69, 9.17) is 14.2 Å². The van der Waals surface area contributed by atoms with Gasteiger partial charge in [-0.25, -0.2) is 0 Å². The van der Waals surface area contributed by atoms with Gasteiger partial charge in [0, 0.05) is 37.2 Å². The number of anilines is 1. The van der Waals surface area contributed by atoms with Crippen LogP contribution in [0.4, 0.5) is 5.69 Å². The maximum Gasteiger partial charge on any atom is 0.195 e. The van der Waals surface area contributed by atoms with Crippen molar-refractivity contribution in [2.75, 3.05) is 39.2 Å². The van der Waals surface area contributed by atoms with Gasteiger partial charge in [0.25, 0.3) is 0 Å². The molecule has 0 aromatic heterocycles. The Morgan fingerprint density at radius 3 is 2.50 bits per heavy atom. The first kappa shape index (κ1) is 18.5. The standard InChI is InChI=1S/C22H27N3O3/c1-23-21(25-17-6-9-19-20(14-17)28-13-3-12-27-19)24-15-22(10-11-22)16-4-7-18(26-2)8-5-16/h4-9,14H,3,10-13,15H2,1-2H3,(H2,23,24,25). The van der Waals surface area contributed by atoms with Gasteiger partial charge in [0.15, 0.2) is 17.5 Å². The number of nitrogens with one attached hydrogen (secondary N) is 2. The van der Waals surface area contributed by atoms with E-state index >= 15 is 0 Å². The molecule has 0 amide bonds. The minimum Gasteiger partial charge on any atom is -0.497 e. The minimum atomic E-state index is 0.175. The van der Waals surface area contributed by atoms with Gasteiger partial charge in [-0.05, 0) is 42.7 Å². The van der Waals surface area contributed by atoms with E-state index in [1.807, 2.05) is 30.3 Å². The first-order chi connectivity index (χ1) is 13.7. The van der Waals surface area contributed by atoms with Crippen LogP contribution in [0.25, 0.3) is 0 Å². The Balaban J connectivity index is 1.39. The molecule has 0 radical (unpaired) electrons. The van der Waals surface area contributed by atoms with Crippen LogP contribution in [0.1, 0.15) is 24.8 Å². The van der Waals surface area contributed by atoms with Crippen molar-refractivity contribution in [3.63, 3.8) is 0 Å². The second kappa shape index (κ2) is 8.00. The van der Waals surface area contributed by atoms with Gasteiger partial charge < -0.3 is 24.8 Å². The number of benzene rings is 2. The Hall–Kier alpha value is -2.89. The Kier molecular flexibility index (Phi) is 5.28. The van der Waals surface area contributed by atoms with Crippen LogP contribution in [0.15, 0.2) is 47.5 Å². The van der Waals surface area contributed by atoms with Gasteiger partial charge in [-0.2, -0.15) is 0 Å². The minimum absolute atomic E-state index is 0.175. The van der Waals surface area contributed by atoms with Crippen LogP contribution in [0.3, 0.4) is 0 Å². The van der Waals surface area contributed by atoms with E-state index in [2.05, 4.69) is 27.8 Å². The largest absolute Gasteiger partial charge is 0.497 e. The van der Waals surface area contributed by atoms with Crippen LogP contribution < -0.4 is 24.8 Å². The van der Waals surface area contributed by atoms with Crippen molar-refractivity contribution in [3.05, 3.63) is 48.0 Å². The molecule has 1 aliphatic carbocycles. The fourth-order valence-electron chi connectivity index (χ4n) is 3.47. The first-order valence-electron chi connectivity index (χ1n) is 9.74. The molecule has 2 aromatic rings. The first-order valence-corrected chi connectivity index (χ1v) is 9.74. The third-order valence-corrected chi connectivity index (χ3v) is 5.38. The average molecular weight is 381 g/mol. The molecule has 1 heterocycles. The van der Waals surface area contributed by atoms with Crippen LogP contribution in [-0.4, -0.2) is 39.9 Å². The predicted octanol–water partition coefficient (Wildman–Crippen LogP) is 3.58. The monoisotopic (exact) mass is 381 g/mol. The number of ether oxygens (including phenoxy) is 3. The highest BCUT2D eigenvalue weighted by atomic mass is 16.5. The van der Waals surface area contributed by atoms with Crippen LogP contribution in [0.5, 0.6) is 17.2 Å². The third kappa shape index (κ3) is 4.01. The Bertz CT molecular complexity index is 845. The van der Waals surface area contributed by atoms with E-state index in [0.29, 0.717) is 13.2 Å². The number of aliphatic imine (C=N–C) groups is 1. The quantitative estimate of drug-likeness (QED) is 0.612. The summed E-state index contributed by atoms with van der Waals surface area (Å²) in [7, 11) is 3.48. The second-order valence-corrected chi connectivity index (χ2v) is 7.27. The van der Waals surface area contributed by atoms with Crippen molar-refractivity contribution in [2.24, 2.45) is 4.99 Å².